The van der Waals surface area contributed by atoms with Gasteiger partial charge < -0.3 is 5.11 Å². The maximum atomic E-state index is 12.7. The highest BCUT2D eigenvalue weighted by molar-refractivity contribution is 5.52. The molecule has 0 unspecified atom stereocenters. The Labute approximate surface area is 92.4 Å². The van der Waals surface area contributed by atoms with Gasteiger partial charge >= 0.3 is 0 Å². The molecule has 0 aliphatic carbocycles. The quantitative estimate of drug-likeness (QED) is 0.853. The molecule has 0 fully saturated rings. The Morgan fingerprint density at radius 1 is 1.38 bits per heavy atom. The molecule has 0 bridgehead atoms. The summed E-state index contributed by atoms with van der Waals surface area (Å²) in [6.07, 6.45) is 2.46. The van der Waals surface area contributed by atoms with Gasteiger partial charge in [0.15, 0.2) is 0 Å². The minimum atomic E-state index is -0.450. The minimum absolute atomic E-state index is 0.368. The van der Waals surface area contributed by atoms with Crippen molar-refractivity contribution < 1.29 is 9.50 Å². The molecule has 1 N–H and O–H groups in total. The Hall–Kier alpha value is -1.75. The van der Waals surface area contributed by atoms with Gasteiger partial charge in [0.1, 0.15) is 11.5 Å². The molecule has 2 rings (SSSR count). The standard InChI is InChI=1S/C11H12FN3O/c1-8(16)7-15-5-4-11(14-15)10-3-2-9(12)6-13-10/h2-6,8,16H,7H2,1H3/t8-/m0/s1. The van der Waals surface area contributed by atoms with E-state index in [4.69, 9.17) is 0 Å². The minimum Gasteiger partial charge on any atom is -0.391 e. The van der Waals surface area contributed by atoms with E-state index in [9.17, 15) is 9.50 Å². The van der Waals surface area contributed by atoms with E-state index in [0.29, 0.717) is 17.9 Å². The van der Waals surface area contributed by atoms with Crippen molar-refractivity contribution >= 4 is 0 Å². The van der Waals surface area contributed by atoms with Crippen LogP contribution in [0.3, 0.4) is 0 Å². The van der Waals surface area contributed by atoms with Crippen LogP contribution in [0.5, 0.6) is 0 Å². The molecular weight excluding hydrogens is 209 g/mol. The van der Waals surface area contributed by atoms with Crippen LogP contribution in [-0.2, 0) is 6.54 Å². The molecule has 1 atom stereocenters. The largest absolute Gasteiger partial charge is 0.391 e. The summed E-state index contributed by atoms with van der Waals surface area (Å²) < 4.78 is 14.3. The first kappa shape index (κ1) is 10.8. The Bertz CT molecular complexity index is 464. The lowest BCUT2D eigenvalue weighted by atomic mass is 10.3. The van der Waals surface area contributed by atoms with E-state index in [1.807, 2.05) is 0 Å². The normalized spacial score (nSPS) is 12.7. The predicted molar refractivity (Wildman–Crippen MR) is 57.1 cm³/mol. The molecule has 0 radical (unpaired) electrons. The molecule has 2 aromatic heterocycles. The molecule has 0 aliphatic rings. The number of aliphatic hydroxyl groups is 1. The number of pyridine rings is 1. The third-order valence-corrected chi connectivity index (χ3v) is 2.08. The van der Waals surface area contributed by atoms with Crippen molar-refractivity contribution in [3.63, 3.8) is 0 Å². The smallest absolute Gasteiger partial charge is 0.141 e. The van der Waals surface area contributed by atoms with E-state index in [-0.39, 0.29) is 5.82 Å². The van der Waals surface area contributed by atoms with E-state index in [1.54, 1.807) is 29.9 Å². The lowest BCUT2D eigenvalue weighted by molar-refractivity contribution is 0.168. The molecular formula is C11H12FN3O. The fourth-order valence-electron chi connectivity index (χ4n) is 1.40. The molecule has 16 heavy (non-hydrogen) atoms. The van der Waals surface area contributed by atoms with E-state index in [0.717, 1.165) is 6.20 Å². The lowest BCUT2D eigenvalue weighted by Crippen LogP contribution is -2.11. The van der Waals surface area contributed by atoms with Crippen molar-refractivity contribution in [3.8, 4) is 11.4 Å². The first-order chi connectivity index (χ1) is 7.65. The van der Waals surface area contributed by atoms with Gasteiger partial charge in [-0.15, -0.1) is 0 Å². The van der Waals surface area contributed by atoms with Crippen LogP contribution in [0, 0.1) is 5.82 Å². The summed E-state index contributed by atoms with van der Waals surface area (Å²) in [5, 5.41) is 13.4. The van der Waals surface area contributed by atoms with Gasteiger partial charge in [0.05, 0.1) is 24.5 Å². The molecule has 0 saturated carbocycles. The molecule has 4 nitrogen and oxygen atoms in total. The van der Waals surface area contributed by atoms with Crippen LogP contribution in [0.4, 0.5) is 4.39 Å². The Morgan fingerprint density at radius 2 is 2.19 bits per heavy atom. The van der Waals surface area contributed by atoms with Crippen molar-refractivity contribution in [2.75, 3.05) is 0 Å². The molecule has 0 amide bonds. The van der Waals surface area contributed by atoms with Crippen molar-refractivity contribution in [1.82, 2.24) is 14.8 Å². The number of halogens is 1. The van der Waals surface area contributed by atoms with Crippen LogP contribution in [0.25, 0.3) is 11.4 Å². The predicted octanol–water partition coefficient (Wildman–Crippen LogP) is 1.46. The topological polar surface area (TPSA) is 50.9 Å². The summed E-state index contributed by atoms with van der Waals surface area (Å²) in [5.74, 6) is -0.368. The van der Waals surface area contributed by atoms with Crippen molar-refractivity contribution in [2.24, 2.45) is 0 Å². The fraction of sp³-hybridized carbons (Fsp3) is 0.273. The first-order valence-electron chi connectivity index (χ1n) is 4.98. The second-order valence-corrected chi connectivity index (χ2v) is 3.63. The Kier molecular flexibility index (Phi) is 2.96. The number of hydrogen-bond donors (Lipinski definition) is 1. The first-order valence-corrected chi connectivity index (χ1v) is 4.98. The average Bonchev–Trinajstić information content (AvgIpc) is 2.66. The molecule has 2 heterocycles. The van der Waals surface area contributed by atoms with Gasteiger partial charge in [-0.3, -0.25) is 9.67 Å². The second kappa shape index (κ2) is 4.40. The van der Waals surface area contributed by atoms with E-state index < -0.39 is 6.10 Å². The molecule has 0 aliphatic heterocycles. The summed E-state index contributed by atoms with van der Waals surface area (Å²) in [5.41, 5.74) is 1.28. The van der Waals surface area contributed by atoms with Crippen molar-refractivity contribution in [3.05, 3.63) is 36.4 Å². The lowest BCUT2D eigenvalue weighted by Gasteiger charge is -2.03. The van der Waals surface area contributed by atoms with Gasteiger partial charge in [0, 0.05) is 6.20 Å². The maximum Gasteiger partial charge on any atom is 0.141 e. The van der Waals surface area contributed by atoms with Crippen LogP contribution >= 0.6 is 0 Å². The summed E-state index contributed by atoms with van der Waals surface area (Å²) in [4.78, 5) is 3.93. The summed E-state index contributed by atoms with van der Waals surface area (Å²) in [7, 11) is 0. The molecule has 0 saturated heterocycles. The highest BCUT2D eigenvalue weighted by Gasteiger charge is 2.05. The van der Waals surface area contributed by atoms with Gasteiger partial charge in [-0.05, 0) is 25.1 Å². The number of rotatable bonds is 3. The Morgan fingerprint density at radius 3 is 2.81 bits per heavy atom. The third-order valence-electron chi connectivity index (χ3n) is 2.08. The Balaban J connectivity index is 2.21. The van der Waals surface area contributed by atoms with Crippen LogP contribution in [-0.4, -0.2) is 26.0 Å². The summed E-state index contributed by atoms with van der Waals surface area (Å²) in [6.45, 7) is 2.12. The SMILES string of the molecule is C[C@H](O)Cn1ccc(-c2ccc(F)cn2)n1. The second-order valence-electron chi connectivity index (χ2n) is 3.63. The zero-order chi connectivity index (χ0) is 11.5. The van der Waals surface area contributed by atoms with E-state index >= 15 is 0 Å². The average molecular weight is 221 g/mol. The van der Waals surface area contributed by atoms with Crippen LogP contribution in [0.2, 0.25) is 0 Å². The fourth-order valence-corrected chi connectivity index (χ4v) is 1.40. The highest BCUT2D eigenvalue weighted by atomic mass is 19.1. The maximum absolute atomic E-state index is 12.7. The third kappa shape index (κ3) is 2.43. The van der Waals surface area contributed by atoms with Gasteiger partial charge in [-0.25, -0.2) is 4.39 Å². The number of hydrogen-bond acceptors (Lipinski definition) is 3. The number of aromatic nitrogens is 3. The zero-order valence-corrected chi connectivity index (χ0v) is 8.84. The van der Waals surface area contributed by atoms with Gasteiger partial charge in [-0.1, -0.05) is 0 Å². The van der Waals surface area contributed by atoms with E-state index in [2.05, 4.69) is 10.1 Å². The van der Waals surface area contributed by atoms with Crippen molar-refractivity contribution in [1.29, 1.82) is 0 Å². The molecule has 84 valence electrons. The van der Waals surface area contributed by atoms with Gasteiger partial charge in [-0.2, -0.15) is 5.10 Å². The van der Waals surface area contributed by atoms with Crippen LogP contribution in [0.1, 0.15) is 6.92 Å². The van der Waals surface area contributed by atoms with E-state index in [1.165, 1.54) is 6.07 Å². The number of aliphatic hydroxyl groups excluding tert-OH is 1. The van der Waals surface area contributed by atoms with Gasteiger partial charge in [0.2, 0.25) is 0 Å². The monoisotopic (exact) mass is 221 g/mol. The highest BCUT2D eigenvalue weighted by Crippen LogP contribution is 2.13. The molecule has 2 aromatic rings. The van der Waals surface area contributed by atoms with Crippen LogP contribution in [0.15, 0.2) is 30.6 Å². The summed E-state index contributed by atoms with van der Waals surface area (Å²) >= 11 is 0. The van der Waals surface area contributed by atoms with Gasteiger partial charge in [0.25, 0.3) is 0 Å². The molecule has 0 aromatic carbocycles. The van der Waals surface area contributed by atoms with Crippen LogP contribution < -0.4 is 0 Å². The van der Waals surface area contributed by atoms with Crippen molar-refractivity contribution in [2.45, 2.75) is 19.6 Å². The molecule has 0 spiro atoms. The zero-order valence-electron chi connectivity index (χ0n) is 8.84. The number of nitrogens with zero attached hydrogens (tertiary/aromatic N) is 3. The molecule has 5 heteroatoms. The summed E-state index contributed by atoms with van der Waals surface area (Å²) in [6, 6.07) is 4.70.